The molecule has 2 saturated carbocycles. The van der Waals surface area contributed by atoms with Gasteiger partial charge in [-0.3, -0.25) is 4.79 Å². The second-order valence-electron chi connectivity index (χ2n) is 9.29. The van der Waals surface area contributed by atoms with E-state index < -0.39 is 27.6 Å². The van der Waals surface area contributed by atoms with Crippen LogP contribution in [0.25, 0.3) is 0 Å². The van der Waals surface area contributed by atoms with Crippen molar-refractivity contribution in [3.8, 4) is 0 Å². The largest absolute Gasteiger partial charge is 0.386 e. The minimum absolute atomic E-state index is 0.0639. The molecule has 2 fully saturated rings. The van der Waals surface area contributed by atoms with Gasteiger partial charge in [-0.05, 0) is 35.3 Å². The highest BCUT2D eigenvalue weighted by Crippen LogP contribution is 2.64. The van der Waals surface area contributed by atoms with E-state index in [0.717, 1.165) is 6.42 Å². The van der Waals surface area contributed by atoms with E-state index >= 15 is 0 Å². The number of hydrogen-bond acceptors (Lipinski definition) is 4. The van der Waals surface area contributed by atoms with Gasteiger partial charge in [-0.25, -0.2) is 13.1 Å². The summed E-state index contributed by atoms with van der Waals surface area (Å²) in [5, 5.41) is 11.0. The molecule has 30 heavy (non-hydrogen) atoms. The van der Waals surface area contributed by atoms with Crippen molar-refractivity contribution in [3.05, 3.63) is 71.8 Å². The van der Waals surface area contributed by atoms with Gasteiger partial charge in [-0.1, -0.05) is 74.5 Å². The van der Waals surface area contributed by atoms with E-state index in [2.05, 4.69) is 4.72 Å². The molecule has 0 heterocycles. The molecule has 2 aliphatic rings. The number of aliphatic hydroxyl groups is 1. The number of ketones is 1. The number of fused-ring (bicyclic) bond motifs is 2. The summed E-state index contributed by atoms with van der Waals surface area (Å²) in [6.45, 7) is 4.05. The summed E-state index contributed by atoms with van der Waals surface area (Å²) in [7, 11) is -3.84. The first-order chi connectivity index (χ1) is 14.2. The molecule has 0 saturated heterocycles. The molecule has 160 valence electrons. The summed E-state index contributed by atoms with van der Waals surface area (Å²) in [5.74, 6) is 0.0849. The van der Waals surface area contributed by atoms with Gasteiger partial charge in [-0.2, -0.15) is 0 Å². The third kappa shape index (κ3) is 3.51. The summed E-state index contributed by atoms with van der Waals surface area (Å²) in [5.41, 5.74) is 0.128. The Morgan fingerprint density at radius 2 is 1.60 bits per heavy atom. The number of nitrogens with one attached hydrogen (secondary N) is 1. The lowest BCUT2D eigenvalue weighted by atomic mass is 9.70. The molecule has 2 aromatic rings. The van der Waals surface area contributed by atoms with Crippen LogP contribution in [0.15, 0.2) is 60.7 Å². The minimum atomic E-state index is -3.84. The van der Waals surface area contributed by atoms with Crippen LogP contribution in [0, 0.1) is 16.7 Å². The zero-order valence-corrected chi connectivity index (χ0v) is 18.2. The fourth-order valence-corrected chi connectivity index (χ4v) is 7.55. The van der Waals surface area contributed by atoms with Crippen LogP contribution in [0.5, 0.6) is 0 Å². The van der Waals surface area contributed by atoms with Crippen LogP contribution < -0.4 is 4.72 Å². The summed E-state index contributed by atoms with van der Waals surface area (Å²) in [4.78, 5) is 12.8. The van der Waals surface area contributed by atoms with Gasteiger partial charge in [0.25, 0.3) is 0 Å². The maximum atomic E-state index is 13.3. The molecule has 0 amide bonds. The summed E-state index contributed by atoms with van der Waals surface area (Å²) in [6, 6.07) is 17.3. The normalized spacial score (nSPS) is 27.2. The van der Waals surface area contributed by atoms with Gasteiger partial charge in [0, 0.05) is 11.8 Å². The fraction of sp³-hybridized carbons (Fsp3) is 0.458. The van der Waals surface area contributed by atoms with Crippen molar-refractivity contribution < 1.29 is 18.3 Å². The maximum Gasteiger partial charge on any atom is 0.213 e. The first kappa shape index (κ1) is 21.2. The summed E-state index contributed by atoms with van der Waals surface area (Å²) < 4.78 is 29.4. The van der Waals surface area contributed by atoms with E-state index in [-0.39, 0.29) is 22.9 Å². The van der Waals surface area contributed by atoms with E-state index in [1.165, 1.54) is 0 Å². The Hall–Kier alpha value is -2.02. The van der Waals surface area contributed by atoms with Crippen LogP contribution >= 0.6 is 0 Å². The van der Waals surface area contributed by atoms with Crippen LogP contribution in [0.2, 0.25) is 0 Å². The number of carbonyl (C=O) groups excluding carboxylic acids is 1. The van der Waals surface area contributed by atoms with Crippen molar-refractivity contribution in [1.29, 1.82) is 0 Å². The SMILES string of the molecule is CC1(C)[C@H]2CC[C@]1(CS(=O)(=O)N[C@H](c1ccccc1)[C@@H](O)c1ccccc1)C(=O)C2. The molecule has 4 atom stereocenters. The van der Waals surface area contributed by atoms with Crippen LogP contribution in [-0.4, -0.2) is 25.1 Å². The van der Waals surface area contributed by atoms with E-state index in [1.807, 2.05) is 50.2 Å². The fourth-order valence-electron chi connectivity index (χ4n) is 5.49. The molecular formula is C24H29NO4S. The van der Waals surface area contributed by atoms with Crippen LogP contribution in [0.1, 0.15) is 56.4 Å². The molecule has 0 radical (unpaired) electrons. The van der Waals surface area contributed by atoms with Gasteiger partial charge in [-0.15, -0.1) is 0 Å². The average Bonchev–Trinajstić information content (AvgIpc) is 3.07. The molecule has 0 aliphatic heterocycles. The first-order valence-electron chi connectivity index (χ1n) is 10.5. The van der Waals surface area contributed by atoms with Gasteiger partial charge in [0.15, 0.2) is 0 Å². The van der Waals surface area contributed by atoms with E-state index in [9.17, 15) is 18.3 Å². The second-order valence-corrected chi connectivity index (χ2v) is 11.0. The Bertz CT molecular complexity index is 1020. The topological polar surface area (TPSA) is 83.5 Å². The second kappa shape index (κ2) is 7.59. The van der Waals surface area contributed by atoms with Crippen LogP contribution in [-0.2, 0) is 14.8 Å². The number of hydrogen-bond donors (Lipinski definition) is 2. The minimum Gasteiger partial charge on any atom is -0.386 e. The van der Waals surface area contributed by atoms with Gasteiger partial charge < -0.3 is 5.11 Å². The average molecular weight is 428 g/mol. The monoisotopic (exact) mass is 427 g/mol. The van der Waals surface area contributed by atoms with E-state index in [0.29, 0.717) is 24.0 Å². The number of rotatable bonds is 7. The maximum absolute atomic E-state index is 13.3. The quantitative estimate of drug-likeness (QED) is 0.704. The molecule has 2 bridgehead atoms. The summed E-state index contributed by atoms with van der Waals surface area (Å²) in [6.07, 6.45) is 0.923. The van der Waals surface area contributed by atoms with Gasteiger partial charge in [0.2, 0.25) is 10.0 Å². The van der Waals surface area contributed by atoms with E-state index in [4.69, 9.17) is 0 Å². The molecule has 2 aliphatic carbocycles. The van der Waals surface area contributed by atoms with Gasteiger partial charge in [0.1, 0.15) is 5.78 Å². The Morgan fingerprint density at radius 1 is 1.03 bits per heavy atom. The third-order valence-corrected chi connectivity index (χ3v) is 8.98. The van der Waals surface area contributed by atoms with Gasteiger partial charge in [0.05, 0.1) is 17.9 Å². The van der Waals surface area contributed by atoms with Gasteiger partial charge >= 0.3 is 0 Å². The smallest absolute Gasteiger partial charge is 0.213 e. The standard InChI is InChI=1S/C24H29NO4S/c1-23(2)19-13-14-24(23,20(26)15-19)16-30(28,29)25-21(17-9-5-3-6-10-17)22(27)18-11-7-4-8-12-18/h3-12,19,21-22,25,27H,13-16H2,1-2H3/t19-,21+,22-,24-/m0/s1. The lowest BCUT2D eigenvalue weighted by Gasteiger charge is -2.37. The zero-order chi connectivity index (χ0) is 21.6. The predicted octanol–water partition coefficient (Wildman–Crippen LogP) is 3.78. The lowest BCUT2D eigenvalue weighted by molar-refractivity contribution is -0.128. The lowest BCUT2D eigenvalue weighted by Crippen LogP contribution is -2.46. The zero-order valence-electron chi connectivity index (χ0n) is 17.4. The Labute approximate surface area is 178 Å². The molecule has 0 aromatic heterocycles. The molecule has 2 aromatic carbocycles. The predicted molar refractivity (Wildman–Crippen MR) is 116 cm³/mol. The third-order valence-electron chi connectivity index (χ3n) is 7.50. The molecular weight excluding hydrogens is 398 g/mol. The highest BCUT2D eigenvalue weighted by molar-refractivity contribution is 7.89. The van der Waals surface area contributed by atoms with Crippen LogP contribution in [0.3, 0.4) is 0 Å². The molecule has 4 rings (SSSR count). The number of benzene rings is 2. The molecule has 2 N–H and O–H groups in total. The number of aliphatic hydroxyl groups excluding tert-OH is 1. The molecule has 0 spiro atoms. The Balaban J connectivity index is 1.65. The highest BCUT2D eigenvalue weighted by Gasteiger charge is 2.65. The highest BCUT2D eigenvalue weighted by atomic mass is 32.2. The van der Waals surface area contributed by atoms with Crippen molar-refractivity contribution in [2.24, 2.45) is 16.7 Å². The molecule has 6 heteroatoms. The van der Waals surface area contributed by atoms with Crippen molar-refractivity contribution >= 4 is 15.8 Å². The Kier molecular flexibility index (Phi) is 5.37. The van der Waals surface area contributed by atoms with Crippen LogP contribution in [0.4, 0.5) is 0 Å². The first-order valence-corrected chi connectivity index (χ1v) is 12.1. The van der Waals surface area contributed by atoms with Crippen molar-refractivity contribution in [2.45, 2.75) is 45.3 Å². The van der Waals surface area contributed by atoms with Crippen molar-refractivity contribution in [2.75, 3.05) is 5.75 Å². The van der Waals surface area contributed by atoms with Crippen molar-refractivity contribution in [1.82, 2.24) is 4.72 Å². The molecule has 0 unspecified atom stereocenters. The Morgan fingerprint density at radius 3 is 2.10 bits per heavy atom. The number of Topliss-reactive ketones (excluding diaryl/α,β-unsaturated/α-hetero) is 1. The number of carbonyl (C=O) groups is 1. The number of sulfonamides is 1. The summed E-state index contributed by atoms with van der Waals surface area (Å²) >= 11 is 0. The van der Waals surface area contributed by atoms with E-state index in [1.54, 1.807) is 24.3 Å². The molecule has 5 nitrogen and oxygen atoms in total. The van der Waals surface area contributed by atoms with Crippen molar-refractivity contribution in [3.63, 3.8) is 0 Å².